The Kier molecular flexibility index (Phi) is 5.26. The highest BCUT2D eigenvalue weighted by Gasteiger charge is 2.13. The minimum Gasteiger partial charge on any atom is -0.342 e. The van der Waals surface area contributed by atoms with Crippen LogP contribution in [0.25, 0.3) is 0 Å². The molecule has 0 fully saturated rings. The van der Waals surface area contributed by atoms with Crippen LogP contribution < -0.4 is 15.5 Å². The number of carbonyl (C=O) groups excluding carboxylic acids is 2. The van der Waals surface area contributed by atoms with Gasteiger partial charge in [-0.3, -0.25) is 9.59 Å². The highest BCUT2D eigenvalue weighted by atomic mass is 19.1. The molecule has 1 aromatic rings. The molecule has 0 spiro atoms. The number of amides is 2. The third-order valence-corrected chi connectivity index (χ3v) is 2.22. The number of anilines is 1. The van der Waals surface area contributed by atoms with E-state index in [0.29, 0.717) is 12.2 Å². The first-order valence-corrected chi connectivity index (χ1v) is 5.63. The summed E-state index contributed by atoms with van der Waals surface area (Å²) in [6.07, 6.45) is 0. The molecule has 0 aliphatic carbocycles. The average molecular weight is 254 g/mol. The van der Waals surface area contributed by atoms with Gasteiger partial charge in [-0.1, -0.05) is 0 Å². The first kappa shape index (κ1) is 14.1. The van der Waals surface area contributed by atoms with Crippen LogP contribution >= 0.6 is 0 Å². The van der Waals surface area contributed by atoms with Crippen molar-refractivity contribution in [3.63, 3.8) is 0 Å². The molecule has 6 heteroatoms. The molecule has 2 amide bonds. The molecule has 1 aromatic carbocycles. The van der Waals surface area contributed by atoms with Crippen molar-refractivity contribution in [3.8, 4) is 0 Å². The fourth-order valence-electron chi connectivity index (χ4n) is 1.23. The summed E-state index contributed by atoms with van der Waals surface area (Å²) in [6.45, 7) is 1.16. The fraction of sp³-hybridized carbons (Fsp3) is 0.333. The predicted octanol–water partition coefficient (Wildman–Crippen LogP) is -0.975. The standard InChI is InChI=1S/C12H16FN3O2/c1-16(2)8-7-14-11(17)12(18)15-10-5-3-9(13)4-6-10/h3-6H,7-8H2,1-2H3,(H,14,17)(H,15,18)/p+1. The maximum Gasteiger partial charge on any atom is 0.313 e. The van der Waals surface area contributed by atoms with Crippen molar-refractivity contribution in [2.75, 3.05) is 32.5 Å². The van der Waals surface area contributed by atoms with Crippen LogP contribution in [-0.2, 0) is 9.59 Å². The second-order valence-corrected chi connectivity index (χ2v) is 4.17. The maximum absolute atomic E-state index is 12.6. The van der Waals surface area contributed by atoms with Crippen LogP contribution in [0.1, 0.15) is 0 Å². The zero-order valence-electron chi connectivity index (χ0n) is 10.4. The Morgan fingerprint density at radius 2 is 1.78 bits per heavy atom. The van der Waals surface area contributed by atoms with Crippen LogP contribution in [0.2, 0.25) is 0 Å². The third-order valence-electron chi connectivity index (χ3n) is 2.22. The molecular weight excluding hydrogens is 237 g/mol. The van der Waals surface area contributed by atoms with E-state index in [2.05, 4.69) is 10.6 Å². The van der Waals surface area contributed by atoms with E-state index in [-0.39, 0.29) is 0 Å². The lowest BCUT2D eigenvalue weighted by molar-refractivity contribution is -0.856. The first-order chi connectivity index (χ1) is 8.49. The number of quaternary nitrogens is 1. The second-order valence-electron chi connectivity index (χ2n) is 4.17. The second kappa shape index (κ2) is 6.70. The quantitative estimate of drug-likeness (QED) is 0.605. The topological polar surface area (TPSA) is 62.6 Å². The van der Waals surface area contributed by atoms with Crippen LogP contribution in [0, 0.1) is 5.82 Å². The van der Waals surface area contributed by atoms with Crippen molar-refractivity contribution in [3.05, 3.63) is 30.1 Å². The zero-order chi connectivity index (χ0) is 13.5. The summed E-state index contributed by atoms with van der Waals surface area (Å²) in [6, 6.07) is 5.21. The minimum atomic E-state index is -0.754. The van der Waals surface area contributed by atoms with Crippen LogP contribution in [0.5, 0.6) is 0 Å². The van der Waals surface area contributed by atoms with Gasteiger partial charge < -0.3 is 15.5 Å². The predicted molar refractivity (Wildman–Crippen MR) is 65.7 cm³/mol. The summed E-state index contributed by atoms with van der Waals surface area (Å²) in [5.41, 5.74) is 0.384. The van der Waals surface area contributed by atoms with Crippen LogP contribution in [-0.4, -0.2) is 39.0 Å². The van der Waals surface area contributed by atoms with E-state index < -0.39 is 17.6 Å². The van der Waals surface area contributed by atoms with E-state index in [9.17, 15) is 14.0 Å². The monoisotopic (exact) mass is 254 g/mol. The average Bonchev–Trinajstić information content (AvgIpc) is 2.31. The SMILES string of the molecule is C[NH+](C)CCNC(=O)C(=O)Nc1ccc(F)cc1. The minimum absolute atomic E-state index is 0.384. The van der Waals surface area contributed by atoms with Gasteiger partial charge in [-0.05, 0) is 24.3 Å². The van der Waals surface area contributed by atoms with E-state index in [4.69, 9.17) is 0 Å². The Labute approximate surface area is 105 Å². The summed E-state index contributed by atoms with van der Waals surface area (Å²) in [4.78, 5) is 24.0. The fourth-order valence-corrected chi connectivity index (χ4v) is 1.23. The molecule has 98 valence electrons. The lowest BCUT2D eigenvalue weighted by Gasteiger charge is -2.08. The smallest absolute Gasteiger partial charge is 0.313 e. The Morgan fingerprint density at radius 3 is 2.33 bits per heavy atom. The number of halogens is 1. The molecule has 0 bridgehead atoms. The third kappa shape index (κ3) is 4.92. The van der Waals surface area contributed by atoms with Gasteiger partial charge in [-0.15, -0.1) is 0 Å². The van der Waals surface area contributed by atoms with Gasteiger partial charge in [0.2, 0.25) is 0 Å². The molecule has 5 nitrogen and oxygen atoms in total. The summed E-state index contributed by atoms with van der Waals surface area (Å²) >= 11 is 0. The van der Waals surface area contributed by atoms with E-state index >= 15 is 0 Å². The van der Waals surface area contributed by atoms with Crippen molar-refractivity contribution < 1.29 is 18.9 Å². The summed E-state index contributed by atoms with van der Waals surface area (Å²) in [7, 11) is 3.90. The number of rotatable bonds is 4. The van der Waals surface area contributed by atoms with Gasteiger partial charge in [0.1, 0.15) is 5.82 Å². The molecule has 0 aliphatic heterocycles. The van der Waals surface area contributed by atoms with Crippen molar-refractivity contribution in [2.45, 2.75) is 0 Å². The molecule has 0 saturated carbocycles. The molecule has 0 aliphatic rings. The Bertz CT molecular complexity index is 418. The lowest BCUT2D eigenvalue weighted by Crippen LogP contribution is -3.06. The Morgan fingerprint density at radius 1 is 1.17 bits per heavy atom. The normalized spacial score (nSPS) is 10.2. The molecule has 1 rings (SSSR count). The highest BCUT2D eigenvalue weighted by molar-refractivity contribution is 6.39. The Balaban J connectivity index is 2.40. The van der Waals surface area contributed by atoms with Crippen LogP contribution in [0.3, 0.4) is 0 Å². The van der Waals surface area contributed by atoms with E-state index in [0.717, 1.165) is 6.54 Å². The highest BCUT2D eigenvalue weighted by Crippen LogP contribution is 2.07. The molecular formula is C12H17FN3O2+. The number of hydrogen-bond donors (Lipinski definition) is 3. The van der Waals surface area contributed by atoms with Crippen molar-refractivity contribution in [2.24, 2.45) is 0 Å². The molecule has 0 saturated heterocycles. The van der Waals surface area contributed by atoms with Crippen LogP contribution in [0.4, 0.5) is 10.1 Å². The number of carbonyl (C=O) groups is 2. The number of hydrogen-bond acceptors (Lipinski definition) is 2. The number of nitrogens with one attached hydrogen (secondary N) is 3. The molecule has 0 heterocycles. The summed E-state index contributed by atoms with van der Waals surface area (Å²) in [5, 5.41) is 4.88. The van der Waals surface area contributed by atoms with Crippen molar-refractivity contribution >= 4 is 17.5 Å². The summed E-state index contributed by atoms with van der Waals surface area (Å²) in [5.74, 6) is -1.85. The van der Waals surface area contributed by atoms with Gasteiger partial charge in [-0.25, -0.2) is 4.39 Å². The first-order valence-electron chi connectivity index (χ1n) is 5.63. The van der Waals surface area contributed by atoms with Gasteiger partial charge in [-0.2, -0.15) is 0 Å². The van der Waals surface area contributed by atoms with Gasteiger partial charge >= 0.3 is 11.8 Å². The number of likely N-dealkylation sites (N-methyl/N-ethyl adjacent to an activating group) is 1. The van der Waals surface area contributed by atoms with E-state index in [1.165, 1.54) is 29.2 Å². The summed E-state index contributed by atoms with van der Waals surface area (Å²) < 4.78 is 12.6. The maximum atomic E-state index is 12.6. The van der Waals surface area contributed by atoms with Crippen molar-refractivity contribution in [1.29, 1.82) is 0 Å². The van der Waals surface area contributed by atoms with Gasteiger partial charge in [0.25, 0.3) is 0 Å². The molecule has 3 N–H and O–H groups in total. The molecule has 18 heavy (non-hydrogen) atoms. The molecule has 0 radical (unpaired) electrons. The molecule has 0 atom stereocenters. The van der Waals surface area contributed by atoms with Gasteiger partial charge in [0.05, 0.1) is 27.2 Å². The van der Waals surface area contributed by atoms with Gasteiger partial charge in [0.15, 0.2) is 0 Å². The lowest BCUT2D eigenvalue weighted by atomic mass is 10.3. The largest absolute Gasteiger partial charge is 0.342 e. The van der Waals surface area contributed by atoms with Crippen LogP contribution in [0.15, 0.2) is 24.3 Å². The molecule has 0 unspecified atom stereocenters. The Hall–Kier alpha value is -1.95. The van der Waals surface area contributed by atoms with Gasteiger partial charge in [0, 0.05) is 5.69 Å². The van der Waals surface area contributed by atoms with Crippen molar-refractivity contribution in [1.82, 2.24) is 5.32 Å². The van der Waals surface area contributed by atoms with E-state index in [1.54, 1.807) is 0 Å². The molecule has 0 aromatic heterocycles. The zero-order valence-corrected chi connectivity index (χ0v) is 10.4. The van der Waals surface area contributed by atoms with E-state index in [1.807, 2.05) is 14.1 Å². The number of benzene rings is 1.